The van der Waals surface area contributed by atoms with Gasteiger partial charge < -0.3 is 15.4 Å². The molecule has 1 aromatic carbocycles. The highest BCUT2D eigenvalue weighted by Gasteiger charge is 2.24. The van der Waals surface area contributed by atoms with E-state index in [2.05, 4.69) is 0 Å². The third-order valence-corrected chi connectivity index (χ3v) is 3.37. The minimum absolute atomic E-state index is 0.0325. The van der Waals surface area contributed by atoms with Gasteiger partial charge in [-0.15, -0.1) is 0 Å². The second-order valence-electron chi connectivity index (χ2n) is 4.96. The zero-order valence-corrected chi connectivity index (χ0v) is 11.1. The first-order valence-electron chi connectivity index (χ1n) is 6.26. The summed E-state index contributed by atoms with van der Waals surface area (Å²) < 4.78 is 5.78. The van der Waals surface area contributed by atoms with Gasteiger partial charge in [0.1, 0.15) is 5.75 Å². The van der Waals surface area contributed by atoms with Gasteiger partial charge in [-0.1, -0.05) is 12.1 Å². The molecule has 2 rings (SSSR count). The van der Waals surface area contributed by atoms with E-state index in [1.807, 2.05) is 18.2 Å². The van der Waals surface area contributed by atoms with Gasteiger partial charge in [0.2, 0.25) is 0 Å². The zero-order chi connectivity index (χ0) is 13.3. The van der Waals surface area contributed by atoms with Gasteiger partial charge in [0.25, 0.3) is 5.91 Å². The van der Waals surface area contributed by atoms with Gasteiger partial charge in [0, 0.05) is 20.1 Å². The summed E-state index contributed by atoms with van der Waals surface area (Å²) in [6.07, 6.45) is 1.41. The first kappa shape index (κ1) is 12.9. The Kier molecular flexibility index (Phi) is 3.57. The monoisotopic (exact) mass is 248 g/mol. The standard InChI is InChI=1S/C14H20N2O2/c1-9(14(17)16(2)3)18-13-6-4-5-10-11(13)7-8-12(10)15/h4-6,9,12H,7-8,15H2,1-3H3. The van der Waals surface area contributed by atoms with Crippen LogP contribution in [0.3, 0.4) is 0 Å². The Morgan fingerprint density at radius 2 is 2.22 bits per heavy atom. The fraction of sp³-hybridized carbons (Fsp3) is 0.500. The minimum Gasteiger partial charge on any atom is -0.481 e. The molecule has 0 fully saturated rings. The Morgan fingerprint density at radius 3 is 2.89 bits per heavy atom. The lowest BCUT2D eigenvalue weighted by atomic mass is 10.1. The number of nitrogens with zero attached hydrogens (tertiary/aromatic N) is 1. The van der Waals surface area contributed by atoms with Crippen molar-refractivity contribution in [2.45, 2.75) is 31.9 Å². The maximum atomic E-state index is 11.8. The number of carbonyl (C=O) groups is 1. The fourth-order valence-corrected chi connectivity index (χ4v) is 2.37. The molecule has 4 nitrogen and oxygen atoms in total. The van der Waals surface area contributed by atoms with E-state index in [0.717, 1.165) is 29.7 Å². The third-order valence-electron chi connectivity index (χ3n) is 3.37. The Hall–Kier alpha value is -1.55. The number of amides is 1. The lowest BCUT2D eigenvalue weighted by molar-refractivity contribution is -0.135. The van der Waals surface area contributed by atoms with Crippen molar-refractivity contribution >= 4 is 5.91 Å². The highest BCUT2D eigenvalue weighted by Crippen LogP contribution is 2.35. The zero-order valence-electron chi connectivity index (χ0n) is 11.1. The second-order valence-corrected chi connectivity index (χ2v) is 4.96. The van der Waals surface area contributed by atoms with Crippen molar-refractivity contribution in [2.24, 2.45) is 5.73 Å². The quantitative estimate of drug-likeness (QED) is 0.881. The molecule has 0 saturated heterocycles. The predicted molar refractivity (Wildman–Crippen MR) is 70.5 cm³/mol. The summed E-state index contributed by atoms with van der Waals surface area (Å²) in [6, 6.07) is 5.99. The maximum absolute atomic E-state index is 11.8. The summed E-state index contributed by atoms with van der Waals surface area (Å²) in [5.74, 6) is 0.762. The summed E-state index contributed by atoms with van der Waals surface area (Å²) in [5, 5.41) is 0. The number of fused-ring (bicyclic) bond motifs is 1. The van der Waals surface area contributed by atoms with Crippen molar-refractivity contribution in [1.82, 2.24) is 4.90 Å². The third kappa shape index (κ3) is 2.34. The molecular formula is C14H20N2O2. The van der Waals surface area contributed by atoms with Gasteiger partial charge in [0.05, 0.1) is 0 Å². The Balaban J connectivity index is 2.18. The number of hydrogen-bond acceptors (Lipinski definition) is 3. The molecule has 98 valence electrons. The van der Waals surface area contributed by atoms with Crippen molar-refractivity contribution < 1.29 is 9.53 Å². The topological polar surface area (TPSA) is 55.6 Å². The number of likely N-dealkylation sites (N-methyl/N-ethyl adjacent to an activating group) is 1. The summed E-state index contributed by atoms with van der Waals surface area (Å²) in [7, 11) is 3.46. The molecule has 4 heteroatoms. The van der Waals surface area contributed by atoms with Crippen LogP contribution in [0.4, 0.5) is 0 Å². The van der Waals surface area contributed by atoms with Gasteiger partial charge in [-0.25, -0.2) is 0 Å². The Bertz CT molecular complexity index is 457. The normalized spacial score (nSPS) is 19.2. The summed E-state index contributed by atoms with van der Waals surface area (Å²) in [5.41, 5.74) is 8.33. The molecule has 0 aliphatic heterocycles. The maximum Gasteiger partial charge on any atom is 0.262 e. The molecule has 1 aliphatic carbocycles. The molecule has 2 unspecified atom stereocenters. The molecule has 0 aromatic heterocycles. The largest absolute Gasteiger partial charge is 0.481 e. The molecule has 1 aromatic rings. The molecule has 2 atom stereocenters. The average molecular weight is 248 g/mol. The van der Waals surface area contributed by atoms with E-state index in [0.29, 0.717) is 0 Å². The molecule has 0 radical (unpaired) electrons. The Morgan fingerprint density at radius 1 is 1.50 bits per heavy atom. The smallest absolute Gasteiger partial charge is 0.262 e. The van der Waals surface area contributed by atoms with Crippen molar-refractivity contribution in [3.8, 4) is 5.75 Å². The molecule has 0 saturated carbocycles. The van der Waals surface area contributed by atoms with E-state index < -0.39 is 6.10 Å². The number of rotatable bonds is 3. The highest BCUT2D eigenvalue weighted by molar-refractivity contribution is 5.80. The molecule has 18 heavy (non-hydrogen) atoms. The van der Waals surface area contributed by atoms with E-state index in [4.69, 9.17) is 10.5 Å². The highest BCUT2D eigenvalue weighted by atomic mass is 16.5. The lowest BCUT2D eigenvalue weighted by Gasteiger charge is -2.20. The number of nitrogens with two attached hydrogens (primary N) is 1. The van der Waals surface area contributed by atoms with Crippen molar-refractivity contribution in [3.05, 3.63) is 29.3 Å². The SMILES string of the molecule is CC(Oc1cccc2c1CCC2N)C(=O)N(C)C. The van der Waals surface area contributed by atoms with Crippen molar-refractivity contribution in [2.75, 3.05) is 14.1 Å². The second kappa shape index (κ2) is 4.98. The summed E-state index contributed by atoms with van der Waals surface area (Å²) in [6.45, 7) is 1.77. The molecule has 0 spiro atoms. The number of benzene rings is 1. The summed E-state index contributed by atoms with van der Waals surface area (Å²) in [4.78, 5) is 13.3. The van der Waals surface area contributed by atoms with Crippen LogP contribution in [0.25, 0.3) is 0 Å². The van der Waals surface area contributed by atoms with Gasteiger partial charge in [-0.3, -0.25) is 4.79 Å². The predicted octanol–water partition coefficient (Wildman–Crippen LogP) is 1.49. The van der Waals surface area contributed by atoms with Crippen molar-refractivity contribution in [1.29, 1.82) is 0 Å². The molecule has 0 bridgehead atoms. The number of carbonyl (C=O) groups excluding carboxylic acids is 1. The number of hydrogen-bond donors (Lipinski definition) is 1. The molecule has 2 N–H and O–H groups in total. The van der Waals surface area contributed by atoms with Crippen LogP contribution < -0.4 is 10.5 Å². The molecule has 1 amide bonds. The van der Waals surface area contributed by atoms with Crippen LogP contribution in [-0.4, -0.2) is 31.0 Å². The molecular weight excluding hydrogens is 228 g/mol. The minimum atomic E-state index is -0.469. The van der Waals surface area contributed by atoms with E-state index in [1.54, 1.807) is 25.9 Å². The van der Waals surface area contributed by atoms with Gasteiger partial charge >= 0.3 is 0 Å². The van der Waals surface area contributed by atoms with Crippen molar-refractivity contribution in [3.63, 3.8) is 0 Å². The Labute approximate surface area is 108 Å². The van der Waals surface area contributed by atoms with Crippen LogP contribution in [0.5, 0.6) is 5.75 Å². The van der Waals surface area contributed by atoms with E-state index in [9.17, 15) is 4.79 Å². The number of ether oxygens (including phenoxy) is 1. The lowest BCUT2D eigenvalue weighted by Crippen LogP contribution is -2.35. The van der Waals surface area contributed by atoms with Gasteiger partial charge in [0.15, 0.2) is 6.10 Å². The first-order valence-corrected chi connectivity index (χ1v) is 6.26. The van der Waals surface area contributed by atoms with Crippen LogP contribution in [-0.2, 0) is 11.2 Å². The van der Waals surface area contributed by atoms with Gasteiger partial charge in [-0.05, 0) is 37.0 Å². The van der Waals surface area contributed by atoms with Crippen LogP contribution in [0.15, 0.2) is 18.2 Å². The van der Waals surface area contributed by atoms with Crippen LogP contribution >= 0.6 is 0 Å². The van der Waals surface area contributed by atoms with Crippen LogP contribution in [0.1, 0.15) is 30.5 Å². The summed E-state index contributed by atoms with van der Waals surface area (Å²) >= 11 is 0. The first-order chi connectivity index (χ1) is 8.50. The van der Waals surface area contributed by atoms with Crippen LogP contribution in [0.2, 0.25) is 0 Å². The van der Waals surface area contributed by atoms with Gasteiger partial charge in [-0.2, -0.15) is 0 Å². The van der Waals surface area contributed by atoms with Crippen LogP contribution in [0, 0.1) is 0 Å². The molecule has 0 heterocycles. The van der Waals surface area contributed by atoms with E-state index in [1.165, 1.54) is 0 Å². The average Bonchev–Trinajstić information content (AvgIpc) is 2.71. The fourth-order valence-electron chi connectivity index (χ4n) is 2.37. The van der Waals surface area contributed by atoms with E-state index >= 15 is 0 Å². The van der Waals surface area contributed by atoms with E-state index in [-0.39, 0.29) is 11.9 Å². The molecule has 1 aliphatic rings.